The Morgan fingerprint density at radius 2 is 1.71 bits per heavy atom. The lowest BCUT2D eigenvalue weighted by Crippen LogP contribution is -2.31. The number of aromatic carboxylic acids is 1. The molecule has 0 aliphatic carbocycles. The van der Waals surface area contributed by atoms with Gasteiger partial charge in [0.2, 0.25) is 0 Å². The van der Waals surface area contributed by atoms with Crippen LogP contribution in [0.15, 0.2) is 54.6 Å². The first-order chi connectivity index (χ1) is 18.1. The Bertz CT molecular complexity index is 1600. The molecule has 0 bridgehead atoms. The largest absolute Gasteiger partial charge is 0.478 e. The van der Waals surface area contributed by atoms with Gasteiger partial charge in [-0.3, -0.25) is 9.59 Å². The third-order valence-corrected chi connectivity index (χ3v) is 5.89. The molecule has 1 aliphatic rings. The minimum absolute atomic E-state index is 0.0405. The summed E-state index contributed by atoms with van der Waals surface area (Å²) in [5, 5.41) is 13.7. The number of hydrogen-bond donors (Lipinski definition) is 1. The van der Waals surface area contributed by atoms with Crippen LogP contribution in [-0.4, -0.2) is 62.4 Å². The number of alkyl halides is 3. The van der Waals surface area contributed by atoms with Gasteiger partial charge in [0.1, 0.15) is 23.8 Å². The minimum atomic E-state index is -5.13. The molecule has 38 heavy (non-hydrogen) atoms. The molecule has 2 aromatic heterocycles. The third-order valence-electron chi connectivity index (χ3n) is 5.89. The molecule has 2 aromatic carbocycles. The van der Waals surface area contributed by atoms with E-state index in [2.05, 4.69) is 10.1 Å². The first kappa shape index (κ1) is 25.0. The van der Waals surface area contributed by atoms with E-state index in [0.717, 1.165) is 29.2 Å². The number of halogens is 4. The van der Waals surface area contributed by atoms with Crippen LogP contribution < -0.4 is 0 Å². The van der Waals surface area contributed by atoms with E-state index in [4.69, 9.17) is 4.74 Å². The molecule has 4 aromatic rings. The van der Waals surface area contributed by atoms with E-state index < -0.39 is 63.4 Å². The Morgan fingerprint density at radius 1 is 0.974 bits per heavy atom. The quantitative estimate of drug-likeness (QED) is 0.397. The monoisotopic (exact) mass is 528 g/mol. The molecule has 0 radical (unpaired) electrons. The number of aromatic nitrogens is 3. The number of amides is 1. The molecule has 0 atom stereocenters. The lowest BCUT2D eigenvalue weighted by Gasteiger charge is -2.17. The number of carboxylic acid groups (broad SMARTS) is 1. The summed E-state index contributed by atoms with van der Waals surface area (Å²) in [6.45, 7) is -0.0692. The summed E-state index contributed by atoms with van der Waals surface area (Å²) < 4.78 is 63.2. The van der Waals surface area contributed by atoms with Crippen LogP contribution in [0, 0.1) is 5.82 Å². The summed E-state index contributed by atoms with van der Waals surface area (Å²) in [5.74, 6) is -4.54. The maximum Gasteiger partial charge on any atom is 0.434 e. The van der Waals surface area contributed by atoms with Crippen LogP contribution in [0.3, 0.4) is 0 Å². The van der Waals surface area contributed by atoms with Crippen molar-refractivity contribution in [2.24, 2.45) is 0 Å². The van der Waals surface area contributed by atoms with Gasteiger partial charge in [0.25, 0.3) is 11.8 Å². The van der Waals surface area contributed by atoms with E-state index >= 15 is 0 Å². The molecule has 0 unspecified atom stereocenters. The zero-order chi connectivity index (χ0) is 27.2. The van der Waals surface area contributed by atoms with Crippen molar-refractivity contribution >= 4 is 28.8 Å². The van der Waals surface area contributed by atoms with Crippen LogP contribution in [-0.2, 0) is 10.9 Å². The topological polar surface area (TPSA) is 115 Å². The highest BCUT2D eigenvalue weighted by Crippen LogP contribution is 2.37. The minimum Gasteiger partial charge on any atom is -0.478 e. The van der Waals surface area contributed by atoms with Gasteiger partial charge in [-0.2, -0.15) is 23.0 Å². The summed E-state index contributed by atoms with van der Waals surface area (Å²) in [4.78, 5) is 42.9. The molecule has 3 heterocycles. The van der Waals surface area contributed by atoms with Crippen molar-refractivity contribution in [2.45, 2.75) is 6.18 Å². The highest BCUT2D eigenvalue weighted by Gasteiger charge is 2.40. The van der Waals surface area contributed by atoms with Gasteiger partial charge in [-0.15, -0.1) is 0 Å². The average molecular weight is 528 g/mol. The summed E-state index contributed by atoms with van der Waals surface area (Å²) in [7, 11) is 0. The fraction of sp³-hybridized carbons (Fsp3) is 0.160. The number of benzene rings is 2. The molecule has 1 N–H and O–H groups in total. The van der Waals surface area contributed by atoms with E-state index in [1.807, 2.05) is 0 Å². The van der Waals surface area contributed by atoms with Gasteiger partial charge in [-0.1, -0.05) is 24.3 Å². The van der Waals surface area contributed by atoms with Gasteiger partial charge in [0.15, 0.2) is 5.69 Å². The van der Waals surface area contributed by atoms with Gasteiger partial charge in [-0.25, -0.2) is 14.2 Å². The number of carbonyl (C=O) groups is 3. The molecule has 194 valence electrons. The molecule has 5 rings (SSSR count). The van der Waals surface area contributed by atoms with Gasteiger partial charge < -0.3 is 14.7 Å². The van der Waals surface area contributed by atoms with Crippen LogP contribution in [0.1, 0.15) is 36.8 Å². The number of fused-ring (bicyclic) bond motifs is 1. The molecule has 1 saturated heterocycles. The van der Waals surface area contributed by atoms with Gasteiger partial charge >= 0.3 is 12.1 Å². The van der Waals surface area contributed by atoms with Crippen LogP contribution >= 0.6 is 0 Å². The number of ether oxygens (including phenoxy) is 1. The second-order valence-electron chi connectivity index (χ2n) is 8.26. The molecule has 1 aliphatic heterocycles. The number of carbonyl (C=O) groups excluding carboxylic acids is 2. The van der Waals surface area contributed by atoms with Crippen LogP contribution in [0.4, 0.5) is 17.6 Å². The lowest BCUT2D eigenvalue weighted by atomic mass is 10.0. The van der Waals surface area contributed by atoms with Crippen LogP contribution in [0.25, 0.3) is 22.3 Å². The number of carboxylic acids is 1. The smallest absolute Gasteiger partial charge is 0.434 e. The Hall–Kier alpha value is -4.65. The number of rotatable bonds is 4. The maximum atomic E-state index is 15.0. The summed E-state index contributed by atoms with van der Waals surface area (Å²) in [6, 6.07) is 11.4. The molecule has 1 fully saturated rings. The van der Waals surface area contributed by atoms with Crippen molar-refractivity contribution in [3.63, 3.8) is 0 Å². The highest BCUT2D eigenvalue weighted by atomic mass is 19.4. The maximum absolute atomic E-state index is 15.0. The molecule has 1 amide bonds. The Morgan fingerprint density at radius 3 is 2.34 bits per heavy atom. The Balaban J connectivity index is 1.86. The normalized spacial score (nSPS) is 13.7. The first-order valence-electron chi connectivity index (χ1n) is 11.1. The first-order valence-corrected chi connectivity index (χ1v) is 11.1. The standard InChI is InChI=1S/C25H16F4N4O5/c26-16-8-4-7-14(24(36)37)18(16)20-19-17(33(31-20)22(34)13-5-2-1-3-6-13)11-15(21(30-19)25(27,28)29)23(35)32-9-10-38-12-32/h1-8,11H,9-10,12H2,(H,36,37). The number of hydrogen-bond acceptors (Lipinski definition) is 6. The van der Waals surface area contributed by atoms with E-state index in [1.165, 1.54) is 12.1 Å². The fourth-order valence-electron chi connectivity index (χ4n) is 4.13. The van der Waals surface area contributed by atoms with Crippen molar-refractivity contribution in [2.75, 3.05) is 19.9 Å². The summed E-state index contributed by atoms with van der Waals surface area (Å²) in [5.41, 5.74) is -5.19. The molecular formula is C25H16F4N4O5. The zero-order valence-electron chi connectivity index (χ0n) is 19.2. The number of nitrogens with zero attached hydrogens (tertiary/aromatic N) is 4. The van der Waals surface area contributed by atoms with Gasteiger partial charge in [0, 0.05) is 12.1 Å². The van der Waals surface area contributed by atoms with Crippen molar-refractivity contribution < 1.29 is 41.8 Å². The third kappa shape index (κ3) is 4.26. The average Bonchev–Trinajstić information content (AvgIpc) is 3.55. The fourth-order valence-corrected chi connectivity index (χ4v) is 4.13. The van der Waals surface area contributed by atoms with Gasteiger partial charge in [-0.05, 0) is 30.3 Å². The zero-order valence-corrected chi connectivity index (χ0v) is 19.2. The van der Waals surface area contributed by atoms with E-state index in [9.17, 15) is 37.1 Å². The second-order valence-corrected chi connectivity index (χ2v) is 8.26. The van der Waals surface area contributed by atoms with E-state index in [-0.39, 0.29) is 31.0 Å². The lowest BCUT2D eigenvalue weighted by molar-refractivity contribution is -0.141. The Kier molecular flexibility index (Phi) is 6.15. The number of pyridine rings is 1. The molecule has 0 saturated carbocycles. The Labute approximate surface area is 210 Å². The molecular weight excluding hydrogens is 512 g/mol. The predicted octanol–water partition coefficient (Wildman–Crippen LogP) is 4.07. The molecule has 9 nitrogen and oxygen atoms in total. The van der Waals surface area contributed by atoms with Crippen LogP contribution in [0.2, 0.25) is 0 Å². The summed E-state index contributed by atoms with van der Waals surface area (Å²) in [6.07, 6.45) is -5.13. The van der Waals surface area contributed by atoms with Crippen molar-refractivity contribution in [1.82, 2.24) is 19.7 Å². The van der Waals surface area contributed by atoms with Gasteiger partial charge in [0.05, 0.1) is 28.8 Å². The van der Waals surface area contributed by atoms with E-state index in [1.54, 1.807) is 18.2 Å². The highest BCUT2D eigenvalue weighted by molar-refractivity contribution is 6.08. The molecule has 0 spiro atoms. The SMILES string of the molecule is O=C(O)c1cccc(F)c1-c1nn(C(=O)c2ccccc2)c2cc(C(=O)N3CCOC3)c(C(F)(F)F)nc12. The second kappa shape index (κ2) is 9.34. The van der Waals surface area contributed by atoms with Crippen molar-refractivity contribution in [3.8, 4) is 11.3 Å². The van der Waals surface area contributed by atoms with E-state index in [0.29, 0.717) is 4.68 Å². The summed E-state index contributed by atoms with van der Waals surface area (Å²) >= 11 is 0. The van der Waals surface area contributed by atoms with Crippen LogP contribution in [0.5, 0.6) is 0 Å². The van der Waals surface area contributed by atoms with Crippen molar-refractivity contribution in [1.29, 1.82) is 0 Å². The van der Waals surface area contributed by atoms with Crippen molar-refractivity contribution in [3.05, 3.63) is 82.8 Å². The predicted molar refractivity (Wildman–Crippen MR) is 123 cm³/mol. The molecule has 13 heteroatoms.